The van der Waals surface area contributed by atoms with Gasteiger partial charge in [0.15, 0.2) is 0 Å². The number of H-pyrrole nitrogens is 1. The molecular formula is C23H25N3O5S. The number of rotatable bonds is 7. The summed E-state index contributed by atoms with van der Waals surface area (Å²) in [5.41, 5.74) is 2.69. The zero-order valence-corrected chi connectivity index (χ0v) is 18.8. The van der Waals surface area contributed by atoms with Crippen LogP contribution in [0.15, 0.2) is 35.1 Å². The predicted octanol–water partition coefficient (Wildman–Crippen LogP) is 3.09. The van der Waals surface area contributed by atoms with Crippen molar-refractivity contribution in [3.05, 3.63) is 62.5 Å². The van der Waals surface area contributed by atoms with Gasteiger partial charge >= 0.3 is 5.97 Å². The molecule has 4 rings (SSSR count). The van der Waals surface area contributed by atoms with Crippen LogP contribution < -0.4 is 5.56 Å². The van der Waals surface area contributed by atoms with Crippen LogP contribution in [0, 0.1) is 6.92 Å². The minimum absolute atomic E-state index is 0.159. The molecule has 8 nitrogen and oxygen atoms in total. The molecule has 2 N–H and O–H groups in total. The Bertz CT molecular complexity index is 1210. The predicted molar refractivity (Wildman–Crippen MR) is 123 cm³/mol. The van der Waals surface area contributed by atoms with Crippen molar-refractivity contribution in [1.29, 1.82) is 0 Å². The number of aromatic hydroxyl groups is 1. The van der Waals surface area contributed by atoms with Crippen LogP contribution in [0.1, 0.15) is 33.0 Å². The van der Waals surface area contributed by atoms with Crippen LogP contribution in [0.25, 0.3) is 15.8 Å². The molecule has 0 spiro atoms. The summed E-state index contributed by atoms with van der Waals surface area (Å²) in [5.74, 6) is 0.364. The Labute approximate surface area is 189 Å². The lowest BCUT2D eigenvalue weighted by Gasteiger charge is -2.26. The molecule has 3 aromatic rings. The van der Waals surface area contributed by atoms with Crippen molar-refractivity contribution < 1.29 is 19.4 Å². The third-order valence-electron chi connectivity index (χ3n) is 5.46. The van der Waals surface area contributed by atoms with E-state index in [2.05, 4.69) is 20.9 Å². The van der Waals surface area contributed by atoms with Gasteiger partial charge in [0.2, 0.25) is 0 Å². The number of aryl methyl sites for hydroxylation is 1. The molecule has 3 heterocycles. The second-order valence-corrected chi connectivity index (χ2v) is 8.64. The minimum atomic E-state index is -0.466. The Morgan fingerprint density at radius 2 is 2.06 bits per heavy atom. The number of carbonyl (C=O) groups excluding carboxylic acids is 1. The minimum Gasteiger partial charge on any atom is -0.508 e. The van der Waals surface area contributed by atoms with E-state index in [9.17, 15) is 14.7 Å². The van der Waals surface area contributed by atoms with E-state index in [1.54, 1.807) is 19.1 Å². The number of hydrogen-bond donors (Lipinski definition) is 2. The molecule has 1 aromatic carbocycles. The first-order chi connectivity index (χ1) is 15.5. The SMILES string of the molecule is COCCOC(=O)c1sc2nc(CN3CC=C(c4ccc(O)cc4)CC3)[nH]c(=O)c2c1C. The highest BCUT2D eigenvalue weighted by atomic mass is 32.1. The van der Waals surface area contributed by atoms with Crippen LogP contribution >= 0.6 is 11.3 Å². The second-order valence-electron chi connectivity index (χ2n) is 7.64. The molecule has 1 aliphatic rings. The quantitative estimate of drug-likeness (QED) is 0.417. The fraction of sp³-hybridized carbons (Fsp3) is 0.348. The van der Waals surface area contributed by atoms with Crippen LogP contribution in [0.2, 0.25) is 0 Å². The molecule has 9 heteroatoms. The summed E-state index contributed by atoms with van der Waals surface area (Å²) in [6.07, 6.45) is 3.03. The van der Waals surface area contributed by atoms with Crippen molar-refractivity contribution in [2.24, 2.45) is 0 Å². The van der Waals surface area contributed by atoms with Crippen molar-refractivity contribution >= 4 is 33.1 Å². The first-order valence-corrected chi connectivity index (χ1v) is 11.2. The monoisotopic (exact) mass is 455 g/mol. The highest BCUT2D eigenvalue weighted by molar-refractivity contribution is 7.20. The van der Waals surface area contributed by atoms with Gasteiger partial charge in [-0.3, -0.25) is 9.69 Å². The van der Waals surface area contributed by atoms with Gasteiger partial charge < -0.3 is 19.6 Å². The molecule has 0 bridgehead atoms. The number of carbonyl (C=O) groups is 1. The number of nitrogens with one attached hydrogen (secondary N) is 1. The number of aromatic nitrogens is 2. The molecule has 0 unspecified atom stereocenters. The summed E-state index contributed by atoms with van der Waals surface area (Å²) >= 11 is 1.18. The van der Waals surface area contributed by atoms with E-state index >= 15 is 0 Å². The molecule has 0 amide bonds. The maximum Gasteiger partial charge on any atom is 0.348 e. The average molecular weight is 456 g/mol. The number of hydrogen-bond acceptors (Lipinski definition) is 8. The van der Waals surface area contributed by atoms with Gasteiger partial charge in [0.05, 0.1) is 18.5 Å². The molecule has 0 radical (unpaired) electrons. The summed E-state index contributed by atoms with van der Waals surface area (Å²) < 4.78 is 10.1. The molecule has 0 saturated carbocycles. The van der Waals surface area contributed by atoms with E-state index in [1.807, 2.05) is 12.1 Å². The topological polar surface area (TPSA) is 105 Å². The maximum absolute atomic E-state index is 12.7. The van der Waals surface area contributed by atoms with Crippen LogP contribution in [0.5, 0.6) is 5.75 Å². The zero-order valence-electron chi connectivity index (χ0n) is 18.0. The van der Waals surface area contributed by atoms with E-state index in [0.29, 0.717) is 39.6 Å². The first kappa shape index (κ1) is 22.2. The molecule has 0 atom stereocenters. The third kappa shape index (κ3) is 4.74. The number of methoxy groups -OCH3 is 1. The van der Waals surface area contributed by atoms with Crippen molar-refractivity contribution in [1.82, 2.24) is 14.9 Å². The Hall–Kier alpha value is -3.01. The van der Waals surface area contributed by atoms with Crippen molar-refractivity contribution in [3.8, 4) is 5.75 Å². The van der Waals surface area contributed by atoms with Gasteiger partial charge in [-0.15, -0.1) is 11.3 Å². The second kappa shape index (κ2) is 9.64. The Kier molecular flexibility index (Phi) is 6.69. The number of phenols is 1. The van der Waals surface area contributed by atoms with Crippen LogP contribution in [0.3, 0.4) is 0 Å². The lowest BCUT2D eigenvalue weighted by atomic mass is 9.99. The summed E-state index contributed by atoms with van der Waals surface area (Å²) in [4.78, 5) is 35.7. The number of esters is 1. The molecule has 32 heavy (non-hydrogen) atoms. The fourth-order valence-corrected chi connectivity index (χ4v) is 4.84. The number of fused-ring (bicyclic) bond motifs is 1. The van der Waals surface area contributed by atoms with Crippen molar-refractivity contribution in [3.63, 3.8) is 0 Å². The lowest BCUT2D eigenvalue weighted by molar-refractivity contribution is 0.0393. The van der Waals surface area contributed by atoms with Gasteiger partial charge in [0, 0.05) is 20.2 Å². The largest absolute Gasteiger partial charge is 0.508 e. The Balaban J connectivity index is 1.49. The van der Waals surface area contributed by atoms with E-state index < -0.39 is 5.97 Å². The van der Waals surface area contributed by atoms with Crippen molar-refractivity contribution in [2.75, 3.05) is 33.4 Å². The van der Waals surface area contributed by atoms with E-state index in [4.69, 9.17) is 9.47 Å². The lowest BCUT2D eigenvalue weighted by Crippen LogP contribution is -2.29. The summed E-state index contributed by atoms with van der Waals surface area (Å²) in [7, 11) is 1.54. The number of aromatic amines is 1. The number of benzene rings is 1. The normalized spacial score (nSPS) is 14.5. The van der Waals surface area contributed by atoms with Gasteiger partial charge in [-0.05, 0) is 42.2 Å². The standard InChI is InChI=1S/C23H25N3O5S/c1-14-19-21(28)24-18(25-22(19)32-20(14)23(29)31-12-11-30-2)13-26-9-7-16(8-10-26)15-3-5-17(27)6-4-15/h3-7,27H,8-13H2,1-2H3,(H,24,25,28). The smallest absolute Gasteiger partial charge is 0.348 e. The molecular weight excluding hydrogens is 430 g/mol. The molecule has 2 aromatic heterocycles. The Morgan fingerprint density at radius 1 is 1.28 bits per heavy atom. The summed E-state index contributed by atoms with van der Waals surface area (Å²) in [6, 6.07) is 7.22. The van der Waals surface area contributed by atoms with E-state index in [1.165, 1.54) is 24.0 Å². The van der Waals surface area contributed by atoms with Crippen LogP contribution in [-0.2, 0) is 16.0 Å². The number of phenolic OH excluding ortho intramolecular Hbond substituents is 1. The summed E-state index contributed by atoms with van der Waals surface area (Å²) in [6.45, 7) is 4.29. The number of ether oxygens (including phenoxy) is 2. The molecule has 1 aliphatic heterocycles. The fourth-order valence-electron chi connectivity index (χ4n) is 3.75. The van der Waals surface area contributed by atoms with Crippen molar-refractivity contribution in [2.45, 2.75) is 19.9 Å². The van der Waals surface area contributed by atoms with Gasteiger partial charge in [-0.2, -0.15) is 0 Å². The van der Waals surface area contributed by atoms with Crippen LogP contribution in [0.4, 0.5) is 0 Å². The molecule has 0 saturated heterocycles. The number of nitrogens with zero attached hydrogens (tertiary/aromatic N) is 2. The molecule has 0 fully saturated rings. The van der Waals surface area contributed by atoms with Gasteiger partial charge in [0.1, 0.15) is 27.9 Å². The van der Waals surface area contributed by atoms with E-state index in [-0.39, 0.29) is 17.9 Å². The third-order valence-corrected chi connectivity index (χ3v) is 6.63. The zero-order chi connectivity index (χ0) is 22.7. The van der Waals surface area contributed by atoms with Crippen LogP contribution in [-0.4, -0.2) is 59.4 Å². The first-order valence-electron chi connectivity index (χ1n) is 10.4. The average Bonchev–Trinajstić information content (AvgIpc) is 3.12. The highest BCUT2D eigenvalue weighted by Gasteiger charge is 2.21. The molecule has 168 valence electrons. The maximum atomic E-state index is 12.7. The highest BCUT2D eigenvalue weighted by Crippen LogP contribution is 2.28. The number of thiophene rings is 1. The van der Waals surface area contributed by atoms with Gasteiger partial charge in [-0.1, -0.05) is 18.2 Å². The summed E-state index contributed by atoms with van der Waals surface area (Å²) in [5, 5.41) is 9.90. The molecule has 0 aliphatic carbocycles. The Morgan fingerprint density at radius 3 is 2.75 bits per heavy atom. The van der Waals surface area contributed by atoms with Gasteiger partial charge in [0.25, 0.3) is 5.56 Å². The van der Waals surface area contributed by atoms with Gasteiger partial charge in [-0.25, -0.2) is 9.78 Å². The van der Waals surface area contributed by atoms with E-state index in [0.717, 1.165) is 25.1 Å².